The van der Waals surface area contributed by atoms with Crippen molar-refractivity contribution in [3.05, 3.63) is 58.4 Å². The number of carbonyl (C=O) groups is 1. The van der Waals surface area contributed by atoms with E-state index in [0.717, 1.165) is 5.56 Å². The highest BCUT2D eigenvalue weighted by Crippen LogP contribution is 2.34. The van der Waals surface area contributed by atoms with E-state index in [2.05, 4.69) is 0 Å². The Morgan fingerprint density at radius 3 is 2.90 bits per heavy atom. The summed E-state index contributed by atoms with van der Waals surface area (Å²) in [5, 5.41) is 0.112. The van der Waals surface area contributed by atoms with Gasteiger partial charge in [-0.3, -0.25) is 4.79 Å². The van der Waals surface area contributed by atoms with Crippen molar-refractivity contribution in [2.75, 3.05) is 18.1 Å². The van der Waals surface area contributed by atoms with Crippen LogP contribution in [0.2, 0.25) is 5.02 Å². The average Bonchev–Trinajstić information content (AvgIpc) is 2.46. The number of carbonyl (C=O) groups excluding carboxylic acids is 1. The average molecular weight is 306 g/mol. The van der Waals surface area contributed by atoms with Crippen molar-refractivity contribution in [1.29, 1.82) is 0 Å². The molecule has 1 heterocycles. The number of hydrogen-bond acceptors (Lipinski definition) is 2. The molecule has 5 heteroatoms. The molecule has 0 N–H and O–H groups in total. The minimum Gasteiger partial charge on any atom is -0.490 e. The first-order valence-corrected chi connectivity index (χ1v) is 6.95. The van der Waals surface area contributed by atoms with Gasteiger partial charge in [-0.05, 0) is 36.8 Å². The number of benzene rings is 2. The second-order valence-corrected chi connectivity index (χ2v) is 5.28. The van der Waals surface area contributed by atoms with E-state index in [-0.39, 0.29) is 10.6 Å². The van der Waals surface area contributed by atoms with Crippen LogP contribution < -0.4 is 9.64 Å². The van der Waals surface area contributed by atoms with E-state index in [1.165, 1.54) is 23.1 Å². The van der Waals surface area contributed by atoms with Crippen LogP contribution in [0.5, 0.6) is 5.75 Å². The first-order chi connectivity index (χ1) is 10.1. The molecule has 3 nitrogen and oxygen atoms in total. The van der Waals surface area contributed by atoms with Gasteiger partial charge < -0.3 is 9.64 Å². The normalized spacial score (nSPS) is 13.6. The third-order valence-electron chi connectivity index (χ3n) is 3.40. The Kier molecular flexibility index (Phi) is 3.55. The molecule has 0 spiro atoms. The summed E-state index contributed by atoms with van der Waals surface area (Å²) in [5.74, 6) is -0.450. The molecular formula is C16H13ClFNO2. The highest BCUT2D eigenvalue weighted by Gasteiger charge is 2.28. The Bertz CT molecular complexity index is 697. The number of halogens is 2. The minimum absolute atomic E-state index is 0.103. The van der Waals surface area contributed by atoms with Gasteiger partial charge in [0.1, 0.15) is 18.2 Å². The van der Waals surface area contributed by atoms with Gasteiger partial charge in [-0.1, -0.05) is 23.7 Å². The van der Waals surface area contributed by atoms with E-state index in [1.807, 2.05) is 25.1 Å². The number of aryl methyl sites for hydroxylation is 1. The lowest BCUT2D eigenvalue weighted by atomic mass is 10.1. The second kappa shape index (κ2) is 5.37. The van der Waals surface area contributed by atoms with Crippen LogP contribution in [0.1, 0.15) is 15.9 Å². The third kappa shape index (κ3) is 2.47. The predicted octanol–water partition coefficient (Wildman–Crippen LogP) is 3.83. The van der Waals surface area contributed by atoms with E-state index in [9.17, 15) is 9.18 Å². The number of rotatable bonds is 1. The highest BCUT2D eigenvalue weighted by atomic mass is 35.5. The Morgan fingerprint density at radius 2 is 2.14 bits per heavy atom. The van der Waals surface area contributed by atoms with Crippen molar-refractivity contribution in [3.8, 4) is 5.75 Å². The smallest absolute Gasteiger partial charge is 0.263 e. The molecule has 0 bridgehead atoms. The largest absolute Gasteiger partial charge is 0.490 e. The molecule has 1 aliphatic rings. The molecule has 0 atom stereocenters. The van der Waals surface area contributed by atoms with Crippen molar-refractivity contribution in [1.82, 2.24) is 0 Å². The van der Waals surface area contributed by atoms with Crippen LogP contribution >= 0.6 is 11.6 Å². The Labute approximate surface area is 126 Å². The van der Waals surface area contributed by atoms with E-state index >= 15 is 0 Å². The van der Waals surface area contributed by atoms with Crippen LogP contribution in [0.15, 0.2) is 36.4 Å². The lowest BCUT2D eigenvalue weighted by Gasteiger charge is -2.30. The van der Waals surface area contributed by atoms with E-state index in [0.29, 0.717) is 24.6 Å². The summed E-state index contributed by atoms with van der Waals surface area (Å²) >= 11 is 5.98. The molecule has 0 saturated carbocycles. The van der Waals surface area contributed by atoms with Crippen LogP contribution in [-0.2, 0) is 0 Å². The number of nitrogens with zero attached hydrogens (tertiary/aromatic N) is 1. The first kappa shape index (κ1) is 13.9. The quantitative estimate of drug-likeness (QED) is 0.801. The maximum absolute atomic E-state index is 13.9. The molecule has 3 rings (SSSR count). The summed E-state index contributed by atoms with van der Waals surface area (Å²) in [6, 6.07) is 9.79. The van der Waals surface area contributed by atoms with Gasteiger partial charge in [0.25, 0.3) is 5.91 Å². The van der Waals surface area contributed by atoms with Crippen molar-refractivity contribution in [2.24, 2.45) is 0 Å². The summed E-state index contributed by atoms with van der Waals surface area (Å²) in [6.45, 7) is 2.65. The molecule has 0 aromatic heterocycles. The number of ether oxygens (including phenoxy) is 1. The Balaban J connectivity index is 2.06. The number of hydrogen-bond donors (Lipinski definition) is 0. The Morgan fingerprint density at radius 1 is 1.33 bits per heavy atom. The van der Waals surface area contributed by atoms with Crippen LogP contribution in [0.25, 0.3) is 0 Å². The van der Waals surface area contributed by atoms with Crippen LogP contribution in [-0.4, -0.2) is 19.1 Å². The van der Waals surface area contributed by atoms with Crippen molar-refractivity contribution in [3.63, 3.8) is 0 Å². The molecule has 0 radical (unpaired) electrons. The first-order valence-electron chi connectivity index (χ1n) is 6.57. The van der Waals surface area contributed by atoms with Crippen molar-refractivity contribution in [2.45, 2.75) is 6.92 Å². The molecule has 1 aliphatic heterocycles. The van der Waals surface area contributed by atoms with Gasteiger partial charge in [0.05, 0.1) is 22.8 Å². The van der Waals surface area contributed by atoms with E-state index < -0.39 is 11.7 Å². The molecule has 108 valence electrons. The SMILES string of the molecule is Cc1ccc2c(c1)N(C(=O)c1c(F)cccc1Cl)CCO2. The standard InChI is InChI=1S/C16H13ClFNO2/c1-10-5-6-14-13(9-10)19(7-8-21-14)16(20)15-11(17)3-2-4-12(15)18/h2-6,9H,7-8H2,1H3. The maximum Gasteiger partial charge on any atom is 0.263 e. The lowest BCUT2D eigenvalue weighted by Crippen LogP contribution is -2.38. The minimum atomic E-state index is -0.617. The molecule has 2 aromatic carbocycles. The molecule has 1 amide bonds. The molecule has 21 heavy (non-hydrogen) atoms. The zero-order valence-electron chi connectivity index (χ0n) is 11.4. The van der Waals surface area contributed by atoms with Gasteiger partial charge in [-0.25, -0.2) is 4.39 Å². The molecule has 2 aromatic rings. The third-order valence-corrected chi connectivity index (χ3v) is 3.71. The molecule has 0 fully saturated rings. The molecule has 0 aliphatic carbocycles. The van der Waals surface area contributed by atoms with E-state index in [1.54, 1.807) is 0 Å². The number of amides is 1. The molecule has 0 saturated heterocycles. The number of anilines is 1. The van der Waals surface area contributed by atoms with Gasteiger partial charge in [0, 0.05) is 0 Å². The van der Waals surface area contributed by atoms with Crippen LogP contribution in [0, 0.1) is 12.7 Å². The molecule has 0 unspecified atom stereocenters. The van der Waals surface area contributed by atoms with E-state index in [4.69, 9.17) is 16.3 Å². The van der Waals surface area contributed by atoms with Crippen LogP contribution in [0.4, 0.5) is 10.1 Å². The van der Waals surface area contributed by atoms with Crippen LogP contribution in [0.3, 0.4) is 0 Å². The monoisotopic (exact) mass is 305 g/mol. The summed E-state index contributed by atoms with van der Waals surface area (Å²) in [6.07, 6.45) is 0. The second-order valence-electron chi connectivity index (χ2n) is 4.87. The fourth-order valence-electron chi connectivity index (χ4n) is 2.38. The maximum atomic E-state index is 13.9. The summed E-state index contributed by atoms with van der Waals surface area (Å²) in [5.41, 5.74) is 1.54. The Hall–Kier alpha value is -2.07. The van der Waals surface area contributed by atoms with Gasteiger partial charge in [-0.15, -0.1) is 0 Å². The van der Waals surface area contributed by atoms with Gasteiger partial charge in [-0.2, -0.15) is 0 Å². The number of fused-ring (bicyclic) bond motifs is 1. The molecular weight excluding hydrogens is 293 g/mol. The summed E-state index contributed by atoms with van der Waals surface area (Å²) in [7, 11) is 0. The van der Waals surface area contributed by atoms with Crippen molar-refractivity contribution < 1.29 is 13.9 Å². The van der Waals surface area contributed by atoms with Gasteiger partial charge in [0.2, 0.25) is 0 Å². The highest BCUT2D eigenvalue weighted by molar-refractivity contribution is 6.34. The summed E-state index contributed by atoms with van der Waals surface area (Å²) < 4.78 is 19.5. The fourth-order valence-corrected chi connectivity index (χ4v) is 2.62. The topological polar surface area (TPSA) is 29.5 Å². The van der Waals surface area contributed by atoms with Gasteiger partial charge >= 0.3 is 0 Å². The lowest BCUT2D eigenvalue weighted by molar-refractivity contribution is 0.0973. The predicted molar refractivity (Wildman–Crippen MR) is 79.8 cm³/mol. The zero-order chi connectivity index (χ0) is 15.0. The van der Waals surface area contributed by atoms with Crippen molar-refractivity contribution >= 4 is 23.2 Å². The summed E-state index contributed by atoms with van der Waals surface area (Å²) in [4.78, 5) is 14.2. The fraction of sp³-hybridized carbons (Fsp3) is 0.188. The van der Waals surface area contributed by atoms with Gasteiger partial charge in [0.15, 0.2) is 0 Å². The zero-order valence-corrected chi connectivity index (χ0v) is 12.2.